The number of nitrogens with one attached hydrogen (secondary N) is 1. The zero-order valence-electron chi connectivity index (χ0n) is 12.8. The topological polar surface area (TPSA) is 33.1 Å². The lowest BCUT2D eigenvalue weighted by atomic mass is 9.81. The molecule has 0 bridgehead atoms. The van der Waals surface area contributed by atoms with Crippen molar-refractivity contribution in [3.8, 4) is 0 Å². The van der Waals surface area contributed by atoms with Gasteiger partial charge in [-0.15, -0.1) is 0 Å². The standard InChI is InChI=1S/C16H28N4/c1-15-17-9-11-20(15)13-12-19-10-5-8-18-16(14-19)6-3-2-4-7-16/h9,11,18H,2-8,10,12-14H2,1H3. The Morgan fingerprint density at radius 2 is 2.05 bits per heavy atom. The van der Waals surface area contributed by atoms with Gasteiger partial charge in [0.1, 0.15) is 5.82 Å². The van der Waals surface area contributed by atoms with Crippen LogP contribution in [0, 0.1) is 6.92 Å². The molecule has 1 spiro atoms. The molecule has 2 aliphatic rings. The third-order valence-corrected chi connectivity index (χ3v) is 5.07. The van der Waals surface area contributed by atoms with E-state index >= 15 is 0 Å². The van der Waals surface area contributed by atoms with Gasteiger partial charge < -0.3 is 9.88 Å². The fourth-order valence-corrected chi connectivity index (χ4v) is 3.86. The van der Waals surface area contributed by atoms with E-state index < -0.39 is 0 Å². The van der Waals surface area contributed by atoms with Crippen molar-refractivity contribution in [2.75, 3.05) is 26.2 Å². The quantitative estimate of drug-likeness (QED) is 0.918. The molecule has 0 radical (unpaired) electrons. The smallest absolute Gasteiger partial charge is 0.105 e. The Morgan fingerprint density at radius 1 is 1.20 bits per heavy atom. The van der Waals surface area contributed by atoms with Crippen molar-refractivity contribution in [2.45, 2.75) is 57.5 Å². The maximum absolute atomic E-state index is 4.31. The van der Waals surface area contributed by atoms with Crippen molar-refractivity contribution in [1.29, 1.82) is 0 Å². The van der Waals surface area contributed by atoms with Crippen LogP contribution < -0.4 is 5.32 Å². The van der Waals surface area contributed by atoms with Crippen LogP contribution in [0.5, 0.6) is 0 Å². The van der Waals surface area contributed by atoms with Crippen LogP contribution >= 0.6 is 0 Å². The van der Waals surface area contributed by atoms with E-state index in [9.17, 15) is 0 Å². The summed E-state index contributed by atoms with van der Waals surface area (Å²) in [6.45, 7) is 7.99. The van der Waals surface area contributed by atoms with Crippen LogP contribution in [0.4, 0.5) is 0 Å². The Hall–Kier alpha value is -0.870. The average Bonchev–Trinajstić information content (AvgIpc) is 2.77. The molecular weight excluding hydrogens is 248 g/mol. The molecule has 0 atom stereocenters. The summed E-state index contributed by atoms with van der Waals surface area (Å²) >= 11 is 0. The number of nitrogens with zero attached hydrogens (tertiary/aromatic N) is 3. The molecule has 20 heavy (non-hydrogen) atoms. The highest BCUT2D eigenvalue weighted by Crippen LogP contribution is 2.30. The Kier molecular flexibility index (Phi) is 4.41. The van der Waals surface area contributed by atoms with E-state index in [-0.39, 0.29) is 0 Å². The number of imidazole rings is 1. The van der Waals surface area contributed by atoms with Gasteiger partial charge in [0.15, 0.2) is 0 Å². The Bertz CT molecular complexity index is 420. The summed E-state index contributed by atoms with van der Waals surface area (Å²) in [6.07, 6.45) is 12.3. The van der Waals surface area contributed by atoms with Gasteiger partial charge >= 0.3 is 0 Å². The number of aryl methyl sites for hydroxylation is 1. The fraction of sp³-hybridized carbons (Fsp3) is 0.812. The van der Waals surface area contributed by atoms with Crippen LogP contribution in [0.3, 0.4) is 0 Å². The van der Waals surface area contributed by atoms with Gasteiger partial charge in [0.25, 0.3) is 0 Å². The summed E-state index contributed by atoms with van der Waals surface area (Å²) in [5, 5.41) is 3.87. The molecule has 1 aromatic rings. The third-order valence-electron chi connectivity index (χ3n) is 5.07. The lowest BCUT2D eigenvalue weighted by Gasteiger charge is -2.40. The van der Waals surface area contributed by atoms with Crippen molar-refractivity contribution < 1.29 is 0 Å². The van der Waals surface area contributed by atoms with E-state index in [1.807, 2.05) is 6.20 Å². The largest absolute Gasteiger partial charge is 0.334 e. The van der Waals surface area contributed by atoms with Gasteiger partial charge in [0.2, 0.25) is 0 Å². The number of hydrogen-bond donors (Lipinski definition) is 1. The van der Waals surface area contributed by atoms with E-state index in [2.05, 4.69) is 32.9 Å². The van der Waals surface area contributed by atoms with Crippen LogP contribution in [-0.2, 0) is 6.54 Å². The minimum absolute atomic E-state index is 0.415. The lowest BCUT2D eigenvalue weighted by molar-refractivity contribution is 0.160. The van der Waals surface area contributed by atoms with Gasteiger partial charge in [0, 0.05) is 37.6 Å². The number of hydrogen-bond acceptors (Lipinski definition) is 3. The first-order valence-corrected chi connectivity index (χ1v) is 8.23. The number of rotatable bonds is 3. The lowest BCUT2D eigenvalue weighted by Crippen LogP contribution is -2.53. The maximum atomic E-state index is 4.31. The maximum Gasteiger partial charge on any atom is 0.105 e. The van der Waals surface area contributed by atoms with Crippen molar-refractivity contribution in [3.63, 3.8) is 0 Å². The highest BCUT2D eigenvalue weighted by atomic mass is 15.2. The molecule has 3 rings (SSSR count). The van der Waals surface area contributed by atoms with Crippen LogP contribution in [0.15, 0.2) is 12.4 Å². The van der Waals surface area contributed by atoms with E-state index in [1.165, 1.54) is 58.2 Å². The van der Waals surface area contributed by atoms with E-state index in [0.717, 1.165) is 18.9 Å². The van der Waals surface area contributed by atoms with Gasteiger partial charge in [-0.05, 0) is 39.3 Å². The van der Waals surface area contributed by atoms with E-state index in [4.69, 9.17) is 0 Å². The van der Waals surface area contributed by atoms with Gasteiger partial charge in [-0.2, -0.15) is 0 Å². The summed E-state index contributed by atoms with van der Waals surface area (Å²) in [7, 11) is 0. The van der Waals surface area contributed by atoms with Crippen LogP contribution in [0.2, 0.25) is 0 Å². The van der Waals surface area contributed by atoms with Crippen molar-refractivity contribution >= 4 is 0 Å². The summed E-state index contributed by atoms with van der Waals surface area (Å²) in [5.41, 5.74) is 0.415. The SMILES string of the molecule is Cc1nccn1CCN1CCCNC2(CCCCC2)C1. The zero-order valence-corrected chi connectivity index (χ0v) is 12.8. The average molecular weight is 276 g/mol. The predicted molar refractivity (Wildman–Crippen MR) is 81.8 cm³/mol. The highest BCUT2D eigenvalue weighted by molar-refractivity contribution is 4.95. The Labute approximate surface area is 122 Å². The molecular formula is C16H28N4. The normalized spacial score (nSPS) is 23.9. The molecule has 1 aliphatic heterocycles. The monoisotopic (exact) mass is 276 g/mol. The fourth-order valence-electron chi connectivity index (χ4n) is 3.86. The molecule has 2 fully saturated rings. The van der Waals surface area contributed by atoms with Crippen LogP contribution in [-0.4, -0.2) is 46.2 Å². The second-order valence-electron chi connectivity index (χ2n) is 6.57. The summed E-state index contributed by atoms with van der Waals surface area (Å²) in [4.78, 5) is 6.99. The van der Waals surface area contributed by atoms with E-state index in [0.29, 0.717) is 5.54 Å². The Balaban J connectivity index is 1.59. The van der Waals surface area contributed by atoms with E-state index in [1.54, 1.807) is 0 Å². The summed E-state index contributed by atoms with van der Waals surface area (Å²) < 4.78 is 2.27. The van der Waals surface area contributed by atoms with Crippen molar-refractivity contribution in [1.82, 2.24) is 19.8 Å². The minimum Gasteiger partial charge on any atom is -0.334 e. The third kappa shape index (κ3) is 3.23. The molecule has 4 nitrogen and oxygen atoms in total. The summed E-state index contributed by atoms with van der Waals surface area (Å²) in [6, 6.07) is 0. The molecule has 1 saturated carbocycles. The first-order valence-electron chi connectivity index (χ1n) is 8.23. The van der Waals surface area contributed by atoms with Crippen molar-refractivity contribution in [3.05, 3.63) is 18.2 Å². The highest BCUT2D eigenvalue weighted by Gasteiger charge is 2.34. The molecule has 2 heterocycles. The minimum atomic E-state index is 0.415. The molecule has 1 aromatic heterocycles. The number of aromatic nitrogens is 2. The first kappa shape index (κ1) is 14.1. The van der Waals surface area contributed by atoms with Gasteiger partial charge in [-0.1, -0.05) is 19.3 Å². The molecule has 0 unspecified atom stereocenters. The first-order chi connectivity index (χ1) is 9.77. The molecule has 112 valence electrons. The molecule has 4 heteroatoms. The van der Waals surface area contributed by atoms with Gasteiger partial charge in [0.05, 0.1) is 0 Å². The second kappa shape index (κ2) is 6.27. The molecule has 1 saturated heterocycles. The summed E-state index contributed by atoms with van der Waals surface area (Å²) in [5.74, 6) is 1.13. The molecule has 0 amide bonds. The Morgan fingerprint density at radius 3 is 2.80 bits per heavy atom. The predicted octanol–water partition coefficient (Wildman–Crippen LogP) is 2.19. The molecule has 0 aromatic carbocycles. The second-order valence-corrected chi connectivity index (χ2v) is 6.57. The van der Waals surface area contributed by atoms with Crippen molar-refractivity contribution in [2.24, 2.45) is 0 Å². The van der Waals surface area contributed by atoms with Gasteiger partial charge in [-0.3, -0.25) is 4.90 Å². The zero-order chi connectivity index (χ0) is 13.8. The van der Waals surface area contributed by atoms with Crippen LogP contribution in [0.1, 0.15) is 44.3 Å². The molecule has 1 aliphatic carbocycles. The van der Waals surface area contributed by atoms with Gasteiger partial charge in [-0.25, -0.2) is 4.98 Å². The van der Waals surface area contributed by atoms with Crippen LogP contribution in [0.25, 0.3) is 0 Å². The molecule has 1 N–H and O–H groups in total.